The Labute approximate surface area is 397 Å². The van der Waals surface area contributed by atoms with E-state index in [1.165, 1.54) is 167 Å². The van der Waals surface area contributed by atoms with Gasteiger partial charge in [-0.25, -0.2) is 0 Å². The van der Waals surface area contributed by atoms with Crippen molar-refractivity contribution in [2.75, 3.05) is 6.61 Å². The summed E-state index contributed by atoms with van der Waals surface area (Å²) in [5.41, 5.74) is 0. The molecule has 0 aromatic heterocycles. The first-order chi connectivity index (χ1) is 31.5. The van der Waals surface area contributed by atoms with Crippen molar-refractivity contribution in [2.45, 2.75) is 295 Å². The normalized spacial score (nSPS) is 14.3. The molecule has 5 N–H and O–H groups in total. The fraction of sp³-hybridized carbons (Fsp3) is 0.810. The minimum Gasteiger partial charge on any atom is -0.394 e. The molecule has 0 heterocycles. The summed E-state index contributed by atoms with van der Waals surface area (Å²) in [6, 6.07) is -1.02. The molecule has 0 bridgehead atoms. The van der Waals surface area contributed by atoms with Crippen molar-refractivity contribution in [2.24, 2.45) is 0 Å². The van der Waals surface area contributed by atoms with Gasteiger partial charge in [0.15, 0.2) is 0 Å². The molecule has 0 radical (unpaired) electrons. The van der Waals surface area contributed by atoms with Crippen LogP contribution in [0.5, 0.6) is 0 Å². The predicted octanol–water partition coefficient (Wildman–Crippen LogP) is 16.0. The minimum absolute atomic E-state index is 0.344. The van der Waals surface area contributed by atoms with Crippen molar-refractivity contribution < 1.29 is 25.2 Å². The van der Waals surface area contributed by atoms with Crippen LogP contribution in [-0.4, -0.2) is 57.3 Å². The van der Waals surface area contributed by atoms with E-state index >= 15 is 0 Å². The van der Waals surface area contributed by atoms with E-state index in [0.717, 1.165) is 70.6 Å². The number of hydrogen-bond acceptors (Lipinski definition) is 5. The van der Waals surface area contributed by atoms with Crippen LogP contribution in [0.4, 0.5) is 0 Å². The molecule has 0 rings (SSSR count). The average molecular weight is 898 g/mol. The van der Waals surface area contributed by atoms with Gasteiger partial charge in [-0.05, 0) is 96.3 Å². The Morgan fingerprint density at radius 2 is 0.703 bits per heavy atom. The maximum atomic E-state index is 12.6. The van der Waals surface area contributed by atoms with E-state index in [1.807, 2.05) is 0 Å². The number of unbranched alkanes of at least 4 members (excludes halogenated alkanes) is 31. The number of amides is 1. The van der Waals surface area contributed by atoms with Crippen LogP contribution in [-0.2, 0) is 4.79 Å². The average Bonchev–Trinajstić information content (AvgIpc) is 3.30. The lowest BCUT2D eigenvalue weighted by Gasteiger charge is -2.27. The van der Waals surface area contributed by atoms with Gasteiger partial charge < -0.3 is 25.7 Å². The van der Waals surface area contributed by atoms with E-state index < -0.39 is 36.9 Å². The third-order valence-corrected chi connectivity index (χ3v) is 12.7. The molecule has 0 fully saturated rings. The monoisotopic (exact) mass is 898 g/mol. The highest BCUT2D eigenvalue weighted by atomic mass is 16.3. The molecule has 0 aliphatic rings. The van der Waals surface area contributed by atoms with Crippen LogP contribution < -0.4 is 5.32 Å². The van der Waals surface area contributed by atoms with E-state index in [9.17, 15) is 25.2 Å². The predicted molar refractivity (Wildman–Crippen MR) is 279 cm³/mol. The molecule has 4 atom stereocenters. The number of rotatable bonds is 50. The van der Waals surface area contributed by atoms with Gasteiger partial charge in [0, 0.05) is 0 Å². The van der Waals surface area contributed by atoms with Crippen LogP contribution >= 0.6 is 0 Å². The van der Waals surface area contributed by atoms with Crippen molar-refractivity contribution in [1.82, 2.24) is 5.32 Å². The third kappa shape index (κ3) is 45.2. The van der Waals surface area contributed by atoms with Gasteiger partial charge in [0.25, 0.3) is 0 Å². The Morgan fingerprint density at radius 1 is 0.391 bits per heavy atom. The van der Waals surface area contributed by atoms with Gasteiger partial charge in [-0.1, -0.05) is 235 Å². The minimum atomic E-state index is -1.30. The smallest absolute Gasteiger partial charge is 0.249 e. The summed E-state index contributed by atoms with van der Waals surface area (Å²) in [6.45, 7) is 4.05. The largest absolute Gasteiger partial charge is 0.394 e. The number of carbonyl (C=O) groups is 1. The van der Waals surface area contributed by atoms with Gasteiger partial charge in [-0.3, -0.25) is 4.79 Å². The molecule has 0 saturated heterocycles. The summed E-state index contributed by atoms with van der Waals surface area (Å²) in [4.78, 5) is 12.6. The van der Waals surface area contributed by atoms with Gasteiger partial charge in [0.05, 0.1) is 18.8 Å². The van der Waals surface area contributed by atoms with Crippen molar-refractivity contribution in [3.63, 3.8) is 0 Å². The summed E-state index contributed by atoms with van der Waals surface area (Å²) in [7, 11) is 0. The number of aliphatic hydroxyl groups excluding tert-OH is 4. The summed E-state index contributed by atoms with van der Waals surface area (Å²) in [5, 5.41) is 43.9. The molecule has 0 aliphatic heterocycles. The molecule has 6 nitrogen and oxygen atoms in total. The highest BCUT2D eigenvalue weighted by molar-refractivity contribution is 5.80. The molecular formula is C58H107NO5. The summed E-state index contributed by atoms with van der Waals surface area (Å²) >= 11 is 0. The van der Waals surface area contributed by atoms with Gasteiger partial charge in [-0.15, -0.1) is 0 Å². The van der Waals surface area contributed by atoms with Crippen molar-refractivity contribution in [3.05, 3.63) is 60.8 Å². The molecule has 4 unspecified atom stereocenters. The second-order valence-corrected chi connectivity index (χ2v) is 18.9. The van der Waals surface area contributed by atoms with Crippen LogP contribution in [0, 0.1) is 0 Å². The zero-order valence-corrected chi connectivity index (χ0v) is 42.3. The first kappa shape index (κ1) is 62.0. The molecule has 0 aliphatic carbocycles. The zero-order valence-electron chi connectivity index (χ0n) is 42.3. The Bertz CT molecular complexity index is 1100. The van der Waals surface area contributed by atoms with Crippen molar-refractivity contribution in [1.29, 1.82) is 0 Å². The first-order valence-corrected chi connectivity index (χ1v) is 27.7. The quantitative estimate of drug-likeness (QED) is 0.0309. The topological polar surface area (TPSA) is 110 Å². The Hall–Kier alpha value is -1.99. The van der Waals surface area contributed by atoms with Crippen LogP contribution in [0.1, 0.15) is 271 Å². The maximum Gasteiger partial charge on any atom is 0.249 e. The molecule has 6 heteroatoms. The number of nitrogens with one attached hydrogen (secondary N) is 1. The number of hydrogen-bond donors (Lipinski definition) is 5. The van der Waals surface area contributed by atoms with Gasteiger partial charge in [0.2, 0.25) is 5.91 Å². The van der Waals surface area contributed by atoms with Gasteiger partial charge >= 0.3 is 0 Å². The van der Waals surface area contributed by atoms with Gasteiger partial charge in [-0.2, -0.15) is 0 Å². The fourth-order valence-electron chi connectivity index (χ4n) is 8.29. The SMILES string of the molecule is CCCCCCCCCCC/C=C\C/C=C\CCCCCCCCC(O)C(=O)NC(CO)C(O)C(O)CCC/C=C/CC/C=C/CC/C=C/CCCCCCCCCCCCCCC. The Balaban J connectivity index is 3.76. The molecule has 0 saturated carbocycles. The summed E-state index contributed by atoms with van der Waals surface area (Å²) in [5.74, 6) is -0.607. The van der Waals surface area contributed by atoms with Crippen molar-refractivity contribution >= 4 is 5.91 Å². The molecule has 64 heavy (non-hydrogen) atoms. The second-order valence-electron chi connectivity index (χ2n) is 18.9. The lowest BCUT2D eigenvalue weighted by atomic mass is 10.00. The van der Waals surface area contributed by atoms with Crippen LogP contribution in [0.25, 0.3) is 0 Å². The number of allylic oxidation sites excluding steroid dienone is 10. The summed E-state index contributed by atoms with van der Waals surface area (Å²) in [6.07, 6.45) is 67.1. The highest BCUT2D eigenvalue weighted by Gasteiger charge is 2.28. The van der Waals surface area contributed by atoms with E-state index in [2.05, 4.69) is 79.9 Å². The van der Waals surface area contributed by atoms with E-state index in [-0.39, 0.29) is 0 Å². The van der Waals surface area contributed by atoms with Crippen molar-refractivity contribution in [3.8, 4) is 0 Å². The summed E-state index contributed by atoms with van der Waals surface area (Å²) < 4.78 is 0. The number of carbonyl (C=O) groups excluding carboxylic acids is 1. The van der Waals surface area contributed by atoms with E-state index in [0.29, 0.717) is 19.3 Å². The standard InChI is InChI=1S/C58H107NO5/c1-3-5-7-9-11-13-15-17-19-21-23-25-27-28-29-30-32-33-35-37-39-41-43-45-47-49-51-55(61)57(63)54(53-60)59-58(64)56(62)52-50-48-46-44-42-40-38-36-34-31-26-24-22-20-18-16-14-12-10-8-6-4-2/h24,26,29-30,34-37,43,45,54-57,60-63H,3-23,25,27-28,31-33,38-42,44,46-53H2,1-2H3,(H,59,64)/b26-24-,30-29+,36-34-,37-35+,45-43+. The molecule has 0 aromatic carbocycles. The third-order valence-electron chi connectivity index (χ3n) is 12.7. The van der Waals surface area contributed by atoms with E-state index in [1.54, 1.807) is 0 Å². The maximum absolute atomic E-state index is 12.6. The molecule has 1 amide bonds. The zero-order chi connectivity index (χ0) is 46.7. The first-order valence-electron chi connectivity index (χ1n) is 27.7. The second kappa shape index (κ2) is 52.0. The highest BCUT2D eigenvalue weighted by Crippen LogP contribution is 2.16. The van der Waals surface area contributed by atoms with Crippen LogP contribution in [0.2, 0.25) is 0 Å². The fourth-order valence-corrected chi connectivity index (χ4v) is 8.29. The Kier molecular flexibility index (Phi) is 50.4. The Morgan fingerprint density at radius 3 is 1.08 bits per heavy atom. The molecule has 374 valence electrons. The number of aliphatic hydroxyl groups is 4. The van der Waals surface area contributed by atoms with Gasteiger partial charge in [0.1, 0.15) is 12.2 Å². The van der Waals surface area contributed by atoms with E-state index in [4.69, 9.17) is 0 Å². The molecule has 0 spiro atoms. The van der Waals surface area contributed by atoms with Crippen LogP contribution in [0.15, 0.2) is 60.8 Å². The van der Waals surface area contributed by atoms with Crippen LogP contribution in [0.3, 0.4) is 0 Å². The lowest BCUT2D eigenvalue weighted by Crippen LogP contribution is -2.53. The molecular weight excluding hydrogens is 791 g/mol. The molecule has 0 aromatic rings. The lowest BCUT2D eigenvalue weighted by molar-refractivity contribution is -0.132.